The quantitative estimate of drug-likeness (QED) is 0.332. The number of likely N-dealkylation sites (tertiary alicyclic amines) is 1. The van der Waals surface area contributed by atoms with Crippen molar-refractivity contribution >= 4 is 33.7 Å². The van der Waals surface area contributed by atoms with Gasteiger partial charge in [0.25, 0.3) is 0 Å². The molecule has 1 aliphatic carbocycles. The molecule has 2 aliphatic heterocycles. The average molecular weight is 580 g/mol. The number of nitrogens with one attached hydrogen (secondary N) is 3. The van der Waals surface area contributed by atoms with Gasteiger partial charge >= 0.3 is 0 Å². The van der Waals surface area contributed by atoms with Gasteiger partial charge in [-0.25, -0.2) is 12.8 Å². The van der Waals surface area contributed by atoms with Crippen molar-refractivity contribution in [2.45, 2.75) is 70.5 Å². The molecule has 0 unspecified atom stereocenters. The first kappa shape index (κ1) is 29.9. The van der Waals surface area contributed by atoms with E-state index in [1.54, 1.807) is 20.8 Å². The summed E-state index contributed by atoms with van der Waals surface area (Å²) >= 11 is 0. The first-order valence-electron chi connectivity index (χ1n) is 13.4. The lowest BCUT2D eigenvalue weighted by Gasteiger charge is -2.37. The minimum Gasteiger partial charge on any atom is -0.368 e. The minimum atomic E-state index is -4.21. The molecular weight excluding hydrogens is 541 g/mol. The number of hydrogen-bond donors (Lipinski definition) is 4. The topological polar surface area (TPSA) is 168 Å². The van der Waals surface area contributed by atoms with E-state index >= 15 is 0 Å². The van der Waals surface area contributed by atoms with Crippen LogP contribution in [0.25, 0.3) is 0 Å². The molecule has 3 aliphatic rings. The second kappa shape index (κ2) is 10.4. The van der Waals surface area contributed by atoms with Gasteiger partial charge < -0.3 is 21.3 Å². The lowest BCUT2D eigenvalue weighted by atomic mass is 9.86. The SMILES string of the molecule is CC(C)(C)[C@H](NS(=O)(=O)c1ccc(F)cc1)C(=O)N1C[C@H]2[C@@H]([C@H]1C(=O)N[C@@H](C[C@@H]1CCNC1=O)C(N)=O)C2(C)C. The smallest absolute Gasteiger partial charge is 0.243 e. The summed E-state index contributed by atoms with van der Waals surface area (Å²) in [5.74, 6) is -3.38. The lowest BCUT2D eigenvalue weighted by molar-refractivity contribution is -0.144. The molecule has 4 rings (SSSR count). The number of carbonyl (C=O) groups excluding carboxylic acids is 4. The number of nitrogens with zero attached hydrogens (tertiary/aromatic N) is 1. The molecule has 3 fully saturated rings. The molecular formula is C27H38FN5O6S. The van der Waals surface area contributed by atoms with Crippen molar-refractivity contribution in [3.63, 3.8) is 0 Å². The third-order valence-electron chi connectivity index (χ3n) is 8.61. The van der Waals surface area contributed by atoms with Crippen LogP contribution in [-0.4, -0.2) is 68.2 Å². The number of fused-ring (bicyclic) bond motifs is 1. The van der Waals surface area contributed by atoms with Crippen LogP contribution in [0.3, 0.4) is 0 Å². The first-order valence-corrected chi connectivity index (χ1v) is 14.9. The van der Waals surface area contributed by atoms with Gasteiger partial charge in [0.1, 0.15) is 23.9 Å². The Kier molecular flexibility index (Phi) is 7.78. The van der Waals surface area contributed by atoms with Gasteiger partial charge in [-0.1, -0.05) is 34.6 Å². The Morgan fingerprint density at radius 1 is 1.20 bits per heavy atom. The zero-order chi connectivity index (χ0) is 29.8. The summed E-state index contributed by atoms with van der Waals surface area (Å²) in [6.45, 7) is 9.82. The van der Waals surface area contributed by atoms with Gasteiger partial charge in [-0.2, -0.15) is 4.72 Å². The zero-order valence-electron chi connectivity index (χ0n) is 23.4. The normalized spacial score (nSPS) is 26.9. The van der Waals surface area contributed by atoms with Gasteiger partial charge in [0.2, 0.25) is 33.7 Å². The maximum atomic E-state index is 14.0. The van der Waals surface area contributed by atoms with Crippen molar-refractivity contribution in [2.24, 2.45) is 34.3 Å². The molecule has 5 N–H and O–H groups in total. The van der Waals surface area contributed by atoms with Crippen LogP contribution in [0, 0.1) is 34.4 Å². The van der Waals surface area contributed by atoms with Crippen molar-refractivity contribution in [2.75, 3.05) is 13.1 Å². The van der Waals surface area contributed by atoms with E-state index in [0.717, 1.165) is 24.3 Å². The van der Waals surface area contributed by atoms with Crippen molar-refractivity contribution < 1.29 is 32.0 Å². The monoisotopic (exact) mass is 579 g/mol. The van der Waals surface area contributed by atoms with Gasteiger partial charge in [0, 0.05) is 19.0 Å². The maximum absolute atomic E-state index is 14.0. The fourth-order valence-electron chi connectivity index (χ4n) is 6.07. The summed E-state index contributed by atoms with van der Waals surface area (Å²) in [7, 11) is -4.21. The molecule has 1 aromatic rings. The van der Waals surface area contributed by atoms with Crippen molar-refractivity contribution in [1.82, 2.24) is 20.3 Å². The summed E-state index contributed by atoms with van der Waals surface area (Å²) in [4.78, 5) is 53.2. The van der Waals surface area contributed by atoms with Gasteiger partial charge in [-0.05, 0) is 59.8 Å². The number of halogens is 1. The molecule has 1 aromatic carbocycles. The minimum absolute atomic E-state index is 0.00848. The molecule has 0 aromatic heterocycles. The highest BCUT2D eigenvalue weighted by Gasteiger charge is 2.70. The molecule has 4 amide bonds. The standard InChI is InChI=1S/C27H38FN5O6S/c1-26(2,3)21(32-40(38,39)16-8-6-15(28)7-9-16)25(37)33-13-17-19(27(17,4)5)20(33)24(36)31-18(22(29)34)12-14-10-11-30-23(14)35/h6-9,14,17-21,32H,10-13H2,1-5H3,(H2,29,34)(H,30,35)(H,31,36)/t14-,17-,18-,19-,20-,21+/m0/s1. The molecule has 2 saturated heterocycles. The molecule has 0 spiro atoms. The van der Waals surface area contributed by atoms with E-state index < -0.39 is 63.0 Å². The van der Waals surface area contributed by atoms with E-state index in [4.69, 9.17) is 5.73 Å². The largest absolute Gasteiger partial charge is 0.368 e. The fourth-order valence-corrected chi connectivity index (χ4v) is 7.47. The summed E-state index contributed by atoms with van der Waals surface area (Å²) in [5.41, 5.74) is 4.44. The predicted molar refractivity (Wildman–Crippen MR) is 143 cm³/mol. The van der Waals surface area contributed by atoms with E-state index in [0.29, 0.717) is 13.0 Å². The van der Waals surface area contributed by atoms with Gasteiger partial charge in [0.05, 0.1) is 4.90 Å². The molecule has 220 valence electrons. The van der Waals surface area contributed by atoms with Crippen LogP contribution < -0.4 is 21.1 Å². The van der Waals surface area contributed by atoms with Crippen LogP contribution in [0.1, 0.15) is 47.5 Å². The van der Waals surface area contributed by atoms with Gasteiger partial charge in [-0.15, -0.1) is 0 Å². The van der Waals surface area contributed by atoms with Crippen LogP contribution in [0.15, 0.2) is 29.2 Å². The second-order valence-electron chi connectivity index (χ2n) is 12.7. The van der Waals surface area contributed by atoms with E-state index in [9.17, 15) is 32.0 Å². The molecule has 6 atom stereocenters. The van der Waals surface area contributed by atoms with Crippen molar-refractivity contribution in [3.05, 3.63) is 30.1 Å². The van der Waals surface area contributed by atoms with Crippen LogP contribution in [0.5, 0.6) is 0 Å². The number of rotatable bonds is 9. The van der Waals surface area contributed by atoms with Crippen LogP contribution >= 0.6 is 0 Å². The Morgan fingerprint density at radius 3 is 2.35 bits per heavy atom. The highest BCUT2D eigenvalue weighted by molar-refractivity contribution is 7.89. The summed E-state index contributed by atoms with van der Waals surface area (Å²) in [6, 6.07) is 0.960. The average Bonchev–Trinajstić information content (AvgIpc) is 3.19. The molecule has 0 bridgehead atoms. The summed E-state index contributed by atoms with van der Waals surface area (Å²) in [5, 5.41) is 5.38. The van der Waals surface area contributed by atoms with Crippen LogP contribution in [0.2, 0.25) is 0 Å². The first-order chi connectivity index (χ1) is 18.4. The third-order valence-corrected chi connectivity index (χ3v) is 10.1. The maximum Gasteiger partial charge on any atom is 0.243 e. The second-order valence-corrected chi connectivity index (χ2v) is 14.5. The Morgan fingerprint density at radius 2 is 1.82 bits per heavy atom. The molecule has 1 saturated carbocycles. The number of benzene rings is 1. The van der Waals surface area contributed by atoms with Crippen LogP contribution in [-0.2, 0) is 29.2 Å². The lowest BCUT2D eigenvalue weighted by Crippen LogP contribution is -2.60. The molecule has 40 heavy (non-hydrogen) atoms. The van der Waals surface area contributed by atoms with Crippen molar-refractivity contribution in [3.8, 4) is 0 Å². The molecule has 11 nitrogen and oxygen atoms in total. The van der Waals surface area contributed by atoms with E-state index in [-0.39, 0.29) is 41.0 Å². The fraction of sp³-hybridized carbons (Fsp3) is 0.630. The number of primary amides is 1. The predicted octanol–water partition coefficient (Wildman–Crippen LogP) is 0.498. The number of hydrogen-bond acceptors (Lipinski definition) is 6. The number of nitrogens with two attached hydrogens (primary N) is 1. The summed E-state index contributed by atoms with van der Waals surface area (Å²) < 4.78 is 42.2. The molecule has 2 heterocycles. The number of amides is 4. The number of piperidine rings is 1. The van der Waals surface area contributed by atoms with E-state index in [1.807, 2.05) is 13.8 Å². The van der Waals surface area contributed by atoms with E-state index in [1.165, 1.54) is 4.90 Å². The van der Waals surface area contributed by atoms with Crippen molar-refractivity contribution in [1.29, 1.82) is 0 Å². The van der Waals surface area contributed by atoms with Crippen LogP contribution in [0.4, 0.5) is 4.39 Å². The zero-order valence-corrected chi connectivity index (χ0v) is 24.2. The number of sulfonamides is 1. The van der Waals surface area contributed by atoms with Gasteiger partial charge in [-0.3, -0.25) is 19.2 Å². The Hall–Kier alpha value is -3.06. The Bertz CT molecular complexity index is 1310. The molecule has 13 heteroatoms. The molecule has 0 radical (unpaired) electrons. The Labute approximate surface area is 233 Å². The third kappa shape index (κ3) is 5.71. The number of carbonyl (C=O) groups is 4. The van der Waals surface area contributed by atoms with Gasteiger partial charge in [0.15, 0.2) is 0 Å². The highest BCUT2D eigenvalue weighted by Crippen LogP contribution is 2.65. The van der Waals surface area contributed by atoms with E-state index in [2.05, 4.69) is 15.4 Å². The summed E-state index contributed by atoms with van der Waals surface area (Å²) in [6.07, 6.45) is 0.568. The highest BCUT2D eigenvalue weighted by atomic mass is 32.2. The Balaban J connectivity index is 1.58.